The van der Waals surface area contributed by atoms with E-state index < -0.39 is 0 Å². The molecular weight excluding hydrogens is 345 g/mol. The molecule has 2 aromatic rings. The number of aromatic hydroxyl groups is 1. The van der Waals surface area contributed by atoms with Crippen molar-refractivity contribution in [2.45, 2.75) is 25.4 Å². The molecular formula is C19H17Cl2NO2. The standard InChI is InChI=1S/C19H17Cl2NO2/c1-3-5-16(12-8-9-14(20)15(21)10-12)22-11(2)13-6-4-7-17(23)18(13)19(22)24/h3-4,6-11,16,23H,1,5H2,2H3. The van der Waals surface area contributed by atoms with Crippen molar-refractivity contribution in [1.82, 2.24) is 4.90 Å². The van der Waals surface area contributed by atoms with Gasteiger partial charge in [0.05, 0.1) is 27.7 Å². The topological polar surface area (TPSA) is 40.5 Å². The van der Waals surface area contributed by atoms with Gasteiger partial charge in [-0.15, -0.1) is 6.58 Å². The van der Waals surface area contributed by atoms with Gasteiger partial charge >= 0.3 is 0 Å². The third-order valence-electron chi connectivity index (χ3n) is 4.44. The number of nitrogens with zero attached hydrogens (tertiary/aromatic N) is 1. The Bertz CT molecular complexity index is 819. The quantitative estimate of drug-likeness (QED) is 0.726. The number of amides is 1. The zero-order chi connectivity index (χ0) is 17.4. The van der Waals surface area contributed by atoms with Gasteiger partial charge in [0, 0.05) is 0 Å². The van der Waals surface area contributed by atoms with E-state index in [0.29, 0.717) is 22.0 Å². The van der Waals surface area contributed by atoms with E-state index in [0.717, 1.165) is 11.1 Å². The Morgan fingerprint density at radius 2 is 2.04 bits per heavy atom. The molecule has 24 heavy (non-hydrogen) atoms. The average Bonchev–Trinajstić information content (AvgIpc) is 2.81. The molecule has 0 spiro atoms. The lowest BCUT2D eigenvalue weighted by atomic mass is 10.0. The van der Waals surface area contributed by atoms with Gasteiger partial charge in [-0.3, -0.25) is 4.79 Å². The first-order chi connectivity index (χ1) is 11.5. The third-order valence-corrected chi connectivity index (χ3v) is 5.18. The maximum Gasteiger partial charge on any atom is 0.259 e. The minimum Gasteiger partial charge on any atom is -0.507 e. The van der Waals surface area contributed by atoms with Crippen LogP contribution >= 0.6 is 23.2 Å². The number of rotatable bonds is 4. The Kier molecular flexibility index (Phi) is 4.57. The Balaban J connectivity index is 2.07. The van der Waals surface area contributed by atoms with Crippen molar-refractivity contribution in [2.75, 3.05) is 0 Å². The van der Waals surface area contributed by atoms with Crippen LogP contribution in [0.5, 0.6) is 5.75 Å². The van der Waals surface area contributed by atoms with Crippen LogP contribution in [0.4, 0.5) is 0 Å². The van der Waals surface area contributed by atoms with Crippen LogP contribution < -0.4 is 0 Å². The fourth-order valence-corrected chi connectivity index (χ4v) is 3.60. The molecule has 0 aromatic heterocycles. The number of benzene rings is 2. The lowest BCUT2D eigenvalue weighted by Gasteiger charge is -2.32. The Hall–Kier alpha value is -1.97. The van der Waals surface area contributed by atoms with Gasteiger partial charge in [-0.1, -0.05) is 47.5 Å². The van der Waals surface area contributed by atoms with Crippen LogP contribution in [0.1, 0.15) is 46.9 Å². The normalized spacial score (nSPS) is 17.7. The minimum atomic E-state index is -0.230. The van der Waals surface area contributed by atoms with E-state index in [4.69, 9.17) is 23.2 Å². The van der Waals surface area contributed by atoms with E-state index in [1.165, 1.54) is 6.07 Å². The summed E-state index contributed by atoms with van der Waals surface area (Å²) in [5.74, 6) is -0.174. The van der Waals surface area contributed by atoms with Crippen molar-refractivity contribution in [3.05, 3.63) is 75.8 Å². The number of fused-ring (bicyclic) bond motifs is 1. The number of phenolic OH excluding ortho intramolecular Hbond substituents is 1. The van der Waals surface area contributed by atoms with Crippen molar-refractivity contribution in [1.29, 1.82) is 0 Å². The van der Waals surface area contributed by atoms with E-state index >= 15 is 0 Å². The maximum atomic E-state index is 12.9. The van der Waals surface area contributed by atoms with Crippen LogP contribution in [-0.4, -0.2) is 15.9 Å². The van der Waals surface area contributed by atoms with Crippen LogP contribution in [-0.2, 0) is 0 Å². The Labute approximate surface area is 151 Å². The monoisotopic (exact) mass is 361 g/mol. The number of phenols is 1. The molecule has 1 aliphatic rings. The predicted molar refractivity (Wildman–Crippen MR) is 96.7 cm³/mol. The first kappa shape index (κ1) is 16.9. The second kappa shape index (κ2) is 6.50. The highest BCUT2D eigenvalue weighted by Crippen LogP contribution is 2.44. The van der Waals surface area contributed by atoms with Gasteiger partial charge in [-0.05, 0) is 42.7 Å². The highest BCUT2D eigenvalue weighted by atomic mass is 35.5. The Morgan fingerprint density at radius 3 is 2.67 bits per heavy atom. The van der Waals surface area contributed by atoms with Crippen molar-refractivity contribution in [3.8, 4) is 5.75 Å². The molecule has 3 nitrogen and oxygen atoms in total. The maximum absolute atomic E-state index is 12.9. The molecule has 1 heterocycles. The molecule has 1 aliphatic heterocycles. The van der Waals surface area contributed by atoms with Crippen LogP contribution in [0.15, 0.2) is 49.1 Å². The summed E-state index contributed by atoms with van der Waals surface area (Å²) < 4.78 is 0. The number of halogens is 2. The smallest absolute Gasteiger partial charge is 0.259 e. The zero-order valence-electron chi connectivity index (χ0n) is 13.2. The van der Waals surface area contributed by atoms with E-state index in [-0.39, 0.29) is 23.7 Å². The second-order valence-electron chi connectivity index (χ2n) is 5.84. The van der Waals surface area contributed by atoms with Gasteiger partial charge in [0.15, 0.2) is 0 Å². The van der Waals surface area contributed by atoms with E-state index in [2.05, 4.69) is 6.58 Å². The van der Waals surface area contributed by atoms with Crippen LogP contribution in [0, 0.1) is 0 Å². The van der Waals surface area contributed by atoms with Crippen molar-refractivity contribution >= 4 is 29.1 Å². The van der Waals surface area contributed by atoms with E-state index in [1.54, 1.807) is 29.2 Å². The van der Waals surface area contributed by atoms with Gasteiger partial charge in [0.2, 0.25) is 0 Å². The molecule has 0 radical (unpaired) electrons. The highest BCUT2D eigenvalue weighted by molar-refractivity contribution is 6.42. The number of carbonyl (C=O) groups is 1. The summed E-state index contributed by atoms with van der Waals surface area (Å²) in [5, 5.41) is 11.0. The molecule has 2 unspecified atom stereocenters. The molecule has 1 amide bonds. The lowest BCUT2D eigenvalue weighted by Crippen LogP contribution is -2.31. The van der Waals surface area contributed by atoms with E-state index in [9.17, 15) is 9.90 Å². The van der Waals surface area contributed by atoms with Crippen LogP contribution in [0.2, 0.25) is 10.0 Å². The third kappa shape index (κ3) is 2.68. The summed E-state index contributed by atoms with van der Waals surface area (Å²) in [5.41, 5.74) is 2.09. The highest BCUT2D eigenvalue weighted by Gasteiger charge is 2.40. The van der Waals surface area contributed by atoms with Crippen LogP contribution in [0.25, 0.3) is 0 Å². The summed E-state index contributed by atoms with van der Waals surface area (Å²) >= 11 is 12.2. The molecule has 124 valence electrons. The van der Waals surface area contributed by atoms with Crippen molar-refractivity contribution in [2.24, 2.45) is 0 Å². The molecule has 0 saturated heterocycles. The molecule has 1 N–H and O–H groups in total. The van der Waals surface area contributed by atoms with Gasteiger partial charge < -0.3 is 10.0 Å². The SMILES string of the molecule is C=CCC(c1ccc(Cl)c(Cl)c1)N1C(=O)c2c(O)cccc2C1C. The van der Waals surface area contributed by atoms with Crippen molar-refractivity contribution in [3.63, 3.8) is 0 Å². The first-order valence-electron chi connectivity index (χ1n) is 7.66. The van der Waals surface area contributed by atoms with E-state index in [1.807, 2.05) is 19.1 Å². The molecule has 3 rings (SSSR count). The Morgan fingerprint density at radius 1 is 1.29 bits per heavy atom. The van der Waals surface area contributed by atoms with Crippen LogP contribution in [0.3, 0.4) is 0 Å². The van der Waals surface area contributed by atoms with Gasteiger partial charge in [0.25, 0.3) is 5.91 Å². The van der Waals surface area contributed by atoms with Gasteiger partial charge in [0.1, 0.15) is 5.75 Å². The fraction of sp³-hybridized carbons (Fsp3) is 0.211. The number of carbonyl (C=O) groups excluding carboxylic acids is 1. The zero-order valence-corrected chi connectivity index (χ0v) is 14.7. The molecule has 0 aliphatic carbocycles. The fourth-order valence-electron chi connectivity index (χ4n) is 3.29. The molecule has 0 saturated carbocycles. The summed E-state index contributed by atoms with van der Waals surface area (Å²) in [6.07, 6.45) is 2.35. The predicted octanol–water partition coefficient (Wildman–Crippen LogP) is 5.53. The lowest BCUT2D eigenvalue weighted by molar-refractivity contribution is 0.0641. The second-order valence-corrected chi connectivity index (χ2v) is 6.66. The number of hydrogen-bond donors (Lipinski definition) is 1. The molecule has 2 atom stereocenters. The van der Waals surface area contributed by atoms with Gasteiger partial charge in [-0.2, -0.15) is 0 Å². The molecule has 0 fully saturated rings. The summed E-state index contributed by atoms with van der Waals surface area (Å²) in [6.45, 7) is 5.76. The molecule has 2 aromatic carbocycles. The largest absolute Gasteiger partial charge is 0.507 e. The van der Waals surface area contributed by atoms with Crippen molar-refractivity contribution < 1.29 is 9.90 Å². The van der Waals surface area contributed by atoms with Gasteiger partial charge in [-0.25, -0.2) is 0 Å². The summed E-state index contributed by atoms with van der Waals surface area (Å²) in [6, 6.07) is 10.2. The average molecular weight is 362 g/mol. The molecule has 0 bridgehead atoms. The minimum absolute atomic E-state index is 0.0124. The summed E-state index contributed by atoms with van der Waals surface area (Å²) in [4.78, 5) is 14.7. The number of hydrogen-bond acceptors (Lipinski definition) is 2. The summed E-state index contributed by atoms with van der Waals surface area (Å²) in [7, 11) is 0. The molecule has 5 heteroatoms. The first-order valence-corrected chi connectivity index (χ1v) is 8.41.